The summed E-state index contributed by atoms with van der Waals surface area (Å²) in [6.07, 6.45) is 2.33. The van der Waals surface area contributed by atoms with E-state index >= 15 is 0 Å². The molecule has 0 radical (unpaired) electrons. The van der Waals surface area contributed by atoms with E-state index in [1.165, 1.54) is 12.0 Å². The van der Waals surface area contributed by atoms with Gasteiger partial charge in [-0.25, -0.2) is 0 Å². The van der Waals surface area contributed by atoms with Crippen molar-refractivity contribution in [1.29, 1.82) is 0 Å². The minimum atomic E-state index is -1.12. The summed E-state index contributed by atoms with van der Waals surface area (Å²) in [7, 11) is -1.12. The first-order chi connectivity index (χ1) is 6.49. The summed E-state index contributed by atoms with van der Waals surface area (Å²) >= 11 is 0. The quantitative estimate of drug-likeness (QED) is 0.665. The highest BCUT2D eigenvalue weighted by Gasteiger charge is 2.16. The van der Waals surface area contributed by atoms with E-state index in [0.29, 0.717) is 0 Å². The highest BCUT2D eigenvalue weighted by molar-refractivity contribution is 6.88. The molecule has 1 rings (SSSR count). The fraction of sp³-hybridized carbons (Fsp3) is 0.538. The van der Waals surface area contributed by atoms with Crippen LogP contribution in [-0.4, -0.2) is 8.07 Å². The van der Waals surface area contributed by atoms with Crippen molar-refractivity contribution < 1.29 is 0 Å². The maximum absolute atomic E-state index is 2.44. The van der Waals surface area contributed by atoms with Crippen molar-refractivity contribution in [3.8, 4) is 0 Å². The molecule has 1 aromatic rings. The monoisotopic (exact) mass is 206 g/mol. The number of benzene rings is 1. The Morgan fingerprint density at radius 3 is 1.93 bits per heavy atom. The van der Waals surface area contributed by atoms with Gasteiger partial charge in [0.15, 0.2) is 0 Å². The summed E-state index contributed by atoms with van der Waals surface area (Å²) in [5.74, 6) is 0. The van der Waals surface area contributed by atoms with Crippen LogP contribution in [-0.2, 0) is 12.8 Å². The average Bonchev–Trinajstić information content (AvgIpc) is 2.15. The fourth-order valence-corrected chi connectivity index (χ4v) is 2.96. The van der Waals surface area contributed by atoms with Gasteiger partial charge in [-0.05, 0) is 24.0 Å². The van der Waals surface area contributed by atoms with Gasteiger partial charge in [0.1, 0.15) is 0 Å². The number of aryl methyl sites for hydroxylation is 2. The molecule has 78 valence electrons. The van der Waals surface area contributed by atoms with Crippen LogP contribution >= 0.6 is 0 Å². The Labute approximate surface area is 89.4 Å². The topological polar surface area (TPSA) is 0 Å². The van der Waals surface area contributed by atoms with Crippen LogP contribution in [0.2, 0.25) is 19.6 Å². The van der Waals surface area contributed by atoms with Crippen molar-refractivity contribution in [2.24, 2.45) is 0 Å². The summed E-state index contributed by atoms with van der Waals surface area (Å²) in [5.41, 5.74) is 3.07. The van der Waals surface area contributed by atoms with Crippen molar-refractivity contribution in [2.75, 3.05) is 0 Å². The molecule has 0 aromatic heterocycles. The lowest BCUT2D eigenvalue weighted by molar-refractivity contribution is 1.04. The molecule has 0 heterocycles. The second kappa shape index (κ2) is 4.31. The van der Waals surface area contributed by atoms with Gasteiger partial charge in [0.25, 0.3) is 0 Å². The van der Waals surface area contributed by atoms with Crippen LogP contribution in [0.25, 0.3) is 0 Å². The van der Waals surface area contributed by atoms with Gasteiger partial charge in [0, 0.05) is 0 Å². The van der Waals surface area contributed by atoms with Crippen molar-refractivity contribution in [3.63, 3.8) is 0 Å². The standard InChI is InChI=1S/C13H22Si/c1-6-11-8-9-13(14(3,4)5)10-12(11)7-2/h8-10H,6-7H2,1-5H3. The van der Waals surface area contributed by atoms with E-state index in [9.17, 15) is 0 Å². The van der Waals surface area contributed by atoms with Crippen LogP contribution in [0, 0.1) is 0 Å². The second-order valence-corrected chi connectivity index (χ2v) is 10.0. The lowest BCUT2D eigenvalue weighted by Gasteiger charge is -2.19. The van der Waals surface area contributed by atoms with Crippen LogP contribution in [0.5, 0.6) is 0 Å². The molecule has 0 unspecified atom stereocenters. The molecule has 0 aliphatic rings. The average molecular weight is 206 g/mol. The number of hydrogen-bond donors (Lipinski definition) is 0. The number of rotatable bonds is 3. The minimum Gasteiger partial charge on any atom is -0.0656 e. The largest absolute Gasteiger partial charge is 0.0776 e. The molecule has 0 spiro atoms. The van der Waals surface area contributed by atoms with E-state index in [1.54, 1.807) is 10.8 Å². The lowest BCUT2D eigenvalue weighted by atomic mass is 10.0. The first-order valence-electron chi connectivity index (χ1n) is 5.61. The summed E-state index contributed by atoms with van der Waals surface area (Å²) in [6.45, 7) is 11.7. The van der Waals surface area contributed by atoms with Crippen LogP contribution in [0.3, 0.4) is 0 Å². The summed E-state index contributed by atoms with van der Waals surface area (Å²) in [5, 5.41) is 1.59. The Bertz CT molecular complexity index is 308. The Balaban J connectivity index is 3.14. The second-order valence-electron chi connectivity index (χ2n) is 4.94. The van der Waals surface area contributed by atoms with Crippen LogP contribution < -0.4 is 5.19 Å². The molecule has 0 amide bonds. The molecule has 0 nitrogen and oxygen atoms in total. The Morgan fingerprint density at radius 2 is 1.50 bits per heavy atom. The smallest absolute Gasteiger partial charge is 0.0656 e. The molecule has 14 heavy (non-hydrogen) atoms. The molecular weight excluding hydrogens is 184 g/mol. The SMILES string of the molecule is CCc1ccc([Si](C)(C)C)cc1CC. The van der Waals surface area contributed by atoms with Crippen molar-refractivity contribution in [3.05, 3.63) is 29.3 Å². The zero-order valence-electron chi connectivity index (χ0n) is 10.1. The van der Waals surface area contributed by atoms with Gasteiger partial charge >= 0.3 is 0 Å². The molecule has 0 atom stereocenters. The number of hydrogen-bond acceptors (Lipinski definition) is 0. The van der Waals surface area contributed by atoms with E-state index < -0.39 is 8.07 Å². The molecule has 0 aliphatic heterocycles. The zero-order chi connectivity index (χ0) is 10.8. The maximum atomic E-state index is 2.44. The van der Waals surface area contributed by atoms with Gasteiger partial charge in [-0.1, -0.05) is 56.9 Å². The van der Waals surface area contributed by atoms with Crippen LogP contribution in [0.4, 0.5) is 0 Å². The molecule has 0 N–H and O–H groups in total. The van der Waals surface area contributed by atoms with Crippen LogP contribution in [0.1, 0.15) is 25.0 Å². The minimum absolute atomic E-state index is 1.12. The van der Waals surface area contributed by atoms with Crippen molar-refractivity contribution >= 4 is 13.3 Å². The van der Waals surface area contributed by atoms with Crippen LogP contribution in [0.15, 0.2) is 18.2 Å². The molecule has 0 saturated heterocycles. The first kappa shape index (κ1) is 11.5. The summed E-state index contributed by atoms with van der Waals surface area (Å²) < 4.78 is 0. The van der Waals surface area contributed by atoms with Crippen molar-refractivity contribution in [2.45, 2.75) is 46.3 Å². The zero-order valence-corrected chi connectivity index (χ0v) is 11.1. The molecule has 1 aromatic carbocycles. The third-order valence-electron chi connectivity index (χ3n) is 2.83. The molecule has 0 bridgehead atoms. The van der Waals surface area contributed by atoms with Crippen molar-refractivity contribution in [1.82, 2.24) is 0 Å². The first-order valence-corrected chi connectivity index (χ1v) is 9.11. The van der Waals surface area contributed by atoms with Gasteiger partial charge in [0.2, 0.25) is 0 Å². The third kappa shape index (κ3) is 2.47. The normalized spacial score (nSPS) is 11.8. The lowest BCUT2D eigenvalue weighted by Crippen LogP contribution is -2.37. The molecule has 1 heteroatoms. The molecule has 0 saturated carbocycles. The van der Waals surface area contributed by atoms with Gasteiger partial charge in [-0.2, -0.15) is 0 Å². The summed E-state index contributed by atoms with van der Waals surface area (Å²) in [6, 6.07) is 7.10. The van der Waals surface area contributed by atoms with E-state index in [-0.39, 0.29) is 0 Å². The van der Waals surface area contributed by atoms with E-state index in [2.05, 4.69) is 51.7 Å². The maximum Gasteiger partial charge on any atom is 0.0776 e. The highest BCUT2D eigenvalue weighted by atomic mass is 28.3. The summed E-state index contributed by atoms with van der Waals surface area (Å²) in [4.78, 5) is 0. The predicted molar refractivity (Wildman–Crippen MR) is 68.2 cm³/mol. The Kier molecular flexibility index (Phi) is 3.54. The van der Waals surface area contributed by atoms with E-state index in [1.807, 2.05) is 0 Å². The predicted octanol–water partition coefficient (Wildman–Crippen LogP) is 3.36. The highest BCUT2D eigenvalue weighted by Crippen LogP contribution is 2.12. The van der Waals surface area contributed by atoms with E-state index in [4.69, 9.17) is 0 Å². The van der Waals surface area contributed by atoms with Gasteiger partial charge < -0.3 is 0 Å². The fourth-order valence-electron chi connectivity index (χ4n) is 1.77. The molecular formula is C13H22Si. The van der Waals surface area contributed by atoms with E-state index in [0.717, 1.165) is 6.42 Å². The molecule has 0 fully saturated rings. The Hall–Kier alpha value is -0.563. The Morgan fingerprint density at radius 1 is 0.929 bits per heavy atom. The van der Waals surface area contributed by atoms with Gasteiger partial charge in [0.05, 0.1) is 8.07 Å². The molecule has 0 aliphatic carbocycles. The third-order valence-corrected chi connectivity index (χ3v) is 4.88. The van der Waals surface area contributed by atoms with Gasteiger partial charge in [-0.3, -0.25) is 0 Å². The van der Waals surface area contributed by atoms with Gasteiger partial charge in [-0.15, -0.1) is 0 Å².